The van der Waals surface area contributed by atoms with Crippen LogP contribution in [0.15, 0.2) is 18.2 Å². The van der Waals surface area contributed by atoms with Crippen LogP contribution in [0.25, 0.3) is 0 Å². The normalized spacial score (nSPS) is 20.4. The van der Waals surface area contributed by atoms with Crippen LogP contribution < -0.4 is 0 Å². The maximum atomic E-state index is 12.3. The summed E-state index contributed by atoms with van der Waals surface area (Å²) in [5.41, 5.74) is 3.05. The average molecular weight is 252 g/mol. The molecule has 0 aromatic heterocycles. The molecule has 2 rings (SSSR count). The molecule has 1 saturated heterocycles. The summed E-state index contributed by atoms with van der Waals surface area (Å²) in [6.45, 7) is 5.54. The van der Waals surface area contributed by atoms with Gasteiger partial charge in [0.1, 0.15) is 0 Å². The van der Waals surface area contributed by atoms with E-state index < -0.39 is 0 Å². The van der Waals surface area contributed by atoms with E-state index in [0.717, 1.165) is 36.1 Å². The molecule has 0 aliphatic carbocycles. The van der Waals surface area contributed by atoms with Crippen LogP contribution in [0.3, 0.4) is 0 Å². The Hall–Kier alpha value is -1.02. The first kappa shape index (κ1) is 12.4. The number of halogens is 1. The lowest BCUT2D eigenvalue weighted by Gasteiger charge is -2.30. The highest BCUT2D eigenvalue weighted by atomic mass is 35.5. The van der Waals surface area contributed by atoms with Crippen molar-refractivity contribution in [1.82, 2.24) is 4.90 Å². The van der Waals surface area contributed by atoms with E-state index in [1.165, 1.54) is 0 Å². The molecule has 0 radical (unpaired) electrons. The summed E-state index contributed by atoms with van der Waals surface area (Å²) in [5.74, 6) is 0.113. The molecule has 1 unspecified atom stereocenters. The van der Waals surface area contributed by atoms with Crippen molar-refractivity contribution in [2.24, 2.45) is 0 Å². The second-order valence-corrected chi connectivity index (χ2v) is 5.48. The van der Waals surface area contributed by atoms with Crippen molar-refractivity contribution in [2.75, 3.05) is 13.1 Å². The summed E-state index contributed by atoms with van der Waals surface area (Å²) >= 11 is 6.11. The topological polar surface area (TPSA) is 20.3 Å². The van der Waals surface area contributed by atoms with Crippen LogP contribution in [0.5, 0.6) is 0 Å². The van der Waals surface area contributed by atoms with Gasteiger partial charge in [-0.3, -0.25) is 4.79 Å². The number of rotatable bonds is 1. The van der Waals surface area contributed by atoms with Crippen molar-refractivity contribution in [2.45, 2.75) is 32.1 Å². The maximum Gasteiger partial charge on any atom is 0.253 e. The van der Waals surface area contributed by atoms with Crippen molar-refractivity contribution >= 4 is 17.5 Å². The van der Waals surface area contributed by atoms with Crippen LogP contribution >= 0.6 is 11.6 Å². The number of amides is 1. The zero-order chi connectivity index (χ0) is 12.4. The second-order valence-electron chi connectivity index (χ2n) is 4.87. The number of aryl methyl sites for hydroxylation is 2. The fourth-order valence-corrected chi connectivity index (χ4v) is 2.71. The third-order valence-corrected chi connectivity index (χ3v) is 3.48. The number of hydrogen-bond acceptors (Lipinski definition) is 1. The fourth-order valence-electron chi connectivity index (χ4n) is 2.39. The first-order valence-electron chi connectivity index (χ1n) is 6.08. The molecule has 1 aliphatic rings. The lowest BCUT2D eigenvalue weighted by molar-refractivity contribution is 0.0727. The van der Waals surface area contributed by atoms with E-state index in [1.807, 2.05) is 30.9 Å². The summed E-state index contributed by atoms with van der Waals surface area (Å²) in [7, 11) is 0. The number of alkyl halides is 1. The number of carbonyl (C=O) groups excluding carboxylic acids is 1. The van der Waals surface area contributed by atoms with Crippen LogP contribution in [0, 0.1) is 13.8 Å². The van der Waals surface area contributed by atoms with Crippen molar-refractivity contribution in [3.05, 3.63) is 34.9 Å². The first-order chi connectivity index (χ1) is 8.06. The number of likely N-dealkylation sites (tertiary alicyclic amines) is 1. The summed E-state index contributed by atoms with van der Waals surface area (Å²) in [5, 5.41) is 0.110. The Balaban J connectivity index is 2.18. The molecule has 1 atom stereocenters. The molecule has 0 saturated carbocycles. The lowest BCUT2D eigenvalue weighted by Crippen LogP contribution is -2.40. The number of nitrogens with zero attached hydrogens (tertiary/aromatic N) is 1. The summed E-state index contributed by atoms with van der Waals surface area (Å²) in [6.07, 6.45) is 2.02. The average Bonchev–Trinajstić information content (AvgIpc) is 2.26. The molecular weight excluding hydrogens is 234 g/mol. The molecule has 1 amide bonds. The van der Waals surface area contributed by atoms with E-state index in [4.69, 9.17) is 11.6 Å². The van der Waals surface area contributed by atoms with E-state index in [-0.39, 0.29) is 11.3 Å². The van der Waals surface area contributed by atoms with Crippen molar-refractivity contribution in [1.29, 1.82) is 0 Å². The monoisotopic (exact) mass is 251 g/mol. The molecule has 0 spiro atoms. The van der Waals surface area contributed by atoms with E-state index in [1.54, 1.807) is 0 Å². The predicted molar refractivity (Wildman–Crippen MR) is 70.7 cm³/mol. The molecule has 0 N–H and O–H groups in total. The van der Waals surface area contributed by atoms with Gasteiger partial charge in [-0.05, 0) is 38.8 Å². The molecule has 1 aromatic carbocycles. The third-order valence-electron chi connectivity index (χ3n) is 3.12. The van der Waals surface area contributed by atoms with Crippen LogP contribution in [0.2, 0.25) is 0 Å². The summed E-state index contributed by atoms with van der Waals surface area (Å²) in [6, 6.07) is 5.98. The molecule has 3 heteroatoms. The van der Waals surface area contributed by atoms with Gasteiger partial charge in [0.25, 0.3) is 5.91 Å². The quantitative estimate of drug-likeness (QED) is 0.703. The Kier molecular flexibility index (Phi) is 3.72. The molecule has 1 fully saturated rings. The van der Waals surface area contributed by atoms with E-state index in [2.05, 4.69) is 6.07 Å². The highest BCUT2D eigenvalue weighted by Crippen LogP contribution is 2.18. The fraction of sp³-hybridized carbons (Fsp3) is 0.500. The Morgan fingerprint density at radius 2 is 1.94 bits per heavy atom. The Labute approximate surface area is 108 Å². The van der Waals surface area contributed by atoms with Crippen LogP contribution in [0.1, 0.15) is 34.3 Å². The number of benzene rings is 1. The van der Waals surface area contributed by atoms with Gasteiger partial charge in [-0.15, -0.1) is 11.6 Å². The second kappa shape index (κ2) is 5.09. The minimum Gasteiger partial charge on any atom is -0.337 e. The number of hydrogen-bond donors (Lipinski definition) is 0. The molecule has 92 valence electrons. The lowest BCUT2D eigenvalue weighted by atomic mass is 10.0. The van der Waals surface area contributed by atoms with Gasteiger partial charge >= 0.3 is 0 Å². The van der Waals surface area contributed by atoms with Gasteiger partial charge in [0.15, 0.2) is 0 Å². The SMILES string of the molecule is Cc1cc(C)cc(C(=O)N2CCCC(Cl)C2)c1. The molecule has 1 aromatic rings. The standard InChI is InChI=1S/C14H18ClNO/c1-10-6-11(2)8-12(7-10)14(17)16-5-3-4-13(15)9-16/h6-8,13H,3-5,9H2,1-2H3. The highest BCUT2D eigenvalue weighted by molar-refractivity contribution is 6.21. The minimum atomic E-state index is 0.110. The molecular formula is C14H18ClNO. The van der Waals surface area contributed by atoms with Gasteiger partial charge < -0.3 is 4.90 Å². The smallest absolute Gasteiger partial charge is 0.253 e. The Morgan fingerprint density at radius 1 is 1.29 bits per heavy atom. The number of carbonyl (C=O) groups is 1. The molecule has 2 nitrogen and oxygen atoms in total. The van der Waals surface area contributed by atoms with Crippen molar-refractivity contribution in [3.8, 4) is 0 Å². The van der Waals surface area contributed by atoms with Gasteiger partial charge in [0, 0.05) is 18.7 Å². The van der Waals surface area contributed by atoms with Crippen molar-refractivity contribution < 1.29 is 4.79 Å². The summed E-state index contributed by atoms with van der Waals surface area (Å²) < 4.78 is 0. The van der Waals surface area contributed by atoms with Gasteiger partial charge in [0.05, 0.1) is 5.38 Å². The minimum absolute atomic E-state index is 0.110. The molecule has 1 aliphatic heterocycles. The Bertz CT molecular complexity index is 410. The van der Waals surface area contributed by atoms with E-state index >= 15 is 0 Å². The van der Waals surface area contributed by atoms with Gasteiger partial charge in [-0.2, -0.15) is 0 Å². The van der Waals surface area contributed by atoms with Crippen LogP contribution in [0.4, 0.5) is 0 Å². The predicted octanol–water partition coefficient (Wildman–Crippen LogP) is 3.15. The van der Waals surface area contributed by atoms with E-state index in [0.29, 0.717) is 6.54 Å². The van der Waals surface area contributed by atoms with Gasteiger partial charge in [-0.25, -0.2) is 0 Å². The van der Waals surface area contributed by atoms with E-state index in [9.17, 15) is 4.79 Å². The van der Waals surface area contributed by atoms with Crippen LogP contribution in [-0.4, -0.2) is 29.3 Å². The zero-order valence-corrected chi connectivity index (χ0v) is 11.1. The first-order valence-corrected chi connectivity index (χ1v) is 6.51. The largest absolute Gasteiger partial charge is 0.337 e. The molecule has 1 heterocycles. The summed E-state index contributed by atoms with van der Waals surface area (Å²) in [4.78, 5) is 14.2. The molecule has 0 bridgehead atoms. The molecule has 17 heavy (non-hydrogen) atoms. The number of piperidine rings is 1. The van der Waals surface area contributed by atoms with Crippen molar-refractivity contribution in [3.63, 3.8) is 0 Å². The highest BCUT2D eigenvalue weighted by Gasteiger charge is 2.23. The zero-order valence-electron chi connectivity index (χ0n) is 10.4. The maximum absolute atomic E-state index is 12.3. The third kappa shape index (κ3) is 3.01. The van der Waals surface area contributed by atoms with Gasteiger partial charge in [-0.1, -0.05) is 17.2 Å². The van der Waals surface area contributed by atoms with Gasteiger partial charge in [0.2, 0.25) is 0 Å². The Morgan fingerprint density at radius 3 is 2.53 bits per heavy atom. The van der Waals surface area contributed by atoms with Crippen LogP contribution in [-0.2, 0) is 0 Å².